The summed E-state index contributed by atoms with van der Waals surface area (Å²) in [5.41, 5.74) is 6.09. The number of alkyl halides is 1. The first kappa shape index (κ1) is 27.5. The average Bonchev–Trinajstić information content (AvgIpc) is 3.63. The van der Waals surface area contributed by atoms with Gasteiger partial charge in [-0.15, -0.1) is 0 Å². The van der Waals surface area contributed by atoms with Crippen LogP contribution in [0.2, 0.25) is 0 Å². The number of nitrogens with two attached hydrogens (primary N) is 1. The second-order valence-electron chi connectivity index (χ2n) is 11.4. The van der Waals surface area contributed by atoms with Crippen LogP contribution >= 0.6 is 0 Å². The molecule has 0 spiro atoms. The summed E-state index contributed by atoms with van der Waals surface area (Å²) in [6.07, 6.45) is 1.02. The molecule has 12 heteroatoms. The first-order valence-electron chi connectivity index (χ1n) is 13.2. The third-order valence-corrected chi connectivity index (χ3v) is 6.73. The molecule has 2 fully saturated rings. The number of benzene rings is 1. The summed E-state index contributed by atoms with van der Waals surface area (Å²) in [6, 6.07) is 8.16. The lowest BCUT2D eigenvalue weighted by atomic mass is 10.0. The Balaban J connectivity index is 1.42. The minimum Gasteiger partial charge on any atom is -0.491 e. The van der Waals surface area contributed by atoms with Crippen LogP contribution in [-0.2, 0) is 4.74 Å². The minimum atomic E-state index is -1.27. The highest BCUT2D eigenvalue weighted by atomic mass is 19.1. The van der Waals surface area contributed by atoms with Crippen molar-refractivity contribution in [1.29, 1.82) is 0 Å². The predicted molar refractivity (Wildman–Crippen MR) is 146 cm³/mol. The summed E-state index contributed by atoms with van der Waals surface area (Å²) in [5, 5.41) is 13.2. The Labute approximate surface area is 230 Å². The number of pyridine rings is 1. The van der Waals surface area contributed by atoms with Gasteiger partial charge in [-0.25, -0.2) is 24.1 Å². The van der Waals surface area contributed by atoms with Gasteiger partial charge in [0.15, 0.2) is 5.82 Å². The number of carbonyl (C=O) groups is 2. The molecule has 3 heterocycles. The number of fused-ring (bicyclic) bond motifs is 1. The van der Waals surface area contributed by atoms with E-state index >= 15 is 0 Å². The summed E-state index contributed by atoms with van der Waals surface area (Å²) in [7, 11) is 0. The molecule has 1 aliphatic heterocycles. The molecule has 1 aromatic carbocycles. The lowest BCUT2D eigenvalue weighted by Gasteiger charge is -2.36. The largest absolute Gasteiger partial charge is 0.491 e. The Morgan fingerprint density at radius 3 is 2.55 bits per heavy atom. The van der Waals surface area contributed by atoms with Crippen LogP contribution in [0.3, 0.4) is 0 Å². The van der Waals surface area contributed by atoms with E-state index in [-0.39, 0.29) is 48.5 Å². The third kappa shape index (κ3) is 6.39. The van der Waals surface area contributed by atoms with E-state index in [0.717, 1.165) is 12.8 Å². The number of primary amides is 1. The molecule has 2 aromatic heterocycles. The van der Waals surface area contributed by atoms with Crippen LogP contribution in [0.25, 0.3) is 22.3 Å². The molecule has 4 N–H and O–H groups in total. The highest BCUT2D eigenvalue weighted by molar-refractivity contribution is 6.06. The van der Waals surface area contributed by atoms with Crippen molar-refractivity contribution >= 4 is 28.9 Å². The number of halogens is 1. The van der Waals surface area contributed by atoms with Crippen LogP contribution in [0.4, 0.5) is 15.0 Å². The summed E-state index contributed by atoms with van der Waals surface area (Å²) < 4.78 is 25.8. The molecule has 40 heavy (non-hydrogen) atoms. The molecule has 1 aliphatic carbocycles. The molecule has 0 radical (unpaired) electrons. The molecule has 3 aromatic rings. The Hall–Kier alpha value is -4.06. The number of aromatic nitrogens is 3. The highest BCUT2D eigenvalue weighted by Gasteiger charge is 2.41. The van der Waals surface area contributed by atoms with Gasteiger partial charge in [0.1, 0.15) is 41.5 Å². The number of aliphatic hydroxyl groups is 1. The fourth-order valence-electron chi connectivity index (χ4n) is 4.52. The number of nitrogens with one attached hydrogen (secondary N) is 1. The molecule has 2 amide bonds. The van der Waals surface area contributed by atoms with Crippen molar-refractivity contribution in [3.05, 3.63) is 42.2 Å². The van der Waals surface area contributed by atoms with Gasteiger partial charge in [0, 0.05) is 24.6 Å². The van der Waals surface area contributed by atoms with E-state index in [1.165, 1.54) is 11.2 Å². The van der Waals surface area contributed by atoms with E-state index in [1.807, 2.05) is 0 Å². The average molecular weight is 553 g/mol. The summed E-state index contributed by atoms with van der Waals surface area (Å²) >= 11 is 0. The first-order valence-corrected chi connectivity index (χ1v) is 13.2. The topological polar surface area (TPSA) is 153 Å². The van der Waals surface area contributed by atoms with E-state index in [0.29, 0.717) is 17.0 Å². The van der Waals surface area contributed by atoms with Crippen molar-refractivity contribution in [1.82, 2.24) is 19.9 Å². The van der Waals surface area contributed by atoms with Crippen molar-refractivity contribution in [2.75, 3.05) is 25.0 Å². The first-order chi connectivity index (χ1) is 18.9. The number of anilines is 1. The maximum Gasteiger partial charge on any atom is 0.410 e. The number of amides is 2. The van der Waals surface area contributed by atoms with E-state index in [9.17, 15) is 19.1 Å². The Morgan fingerprint density at radius 1 is 1.18 bits per heavy atom. The molecular formula is C28H33FN6O5. The number of carbonyl (C=O) groups excluding carboxylic acids is 2. The van der Waals surface area contributed by atoms with Crippen molar-refractivity contribution in [2.24, 2.45) is 5.73 Å². The highest BCUT2D eigenvalue weighted by Crippen LogP contribution is 2.36. The second kappa shape index (κ2) is 10.5. The molecule has 1 saturated heterocycles. The summed E-state index contributed by atoms with van der Waals surface area (Å²) in [5.74, 6) is 0.196. The number of ether oxygens (including phenoxy) is 2. The van der Waals surface area contributed by atoms with Crippen LogP contribution in [0.5, 0.6) is 5.75 Å². The number of likely N-dealkylation sites (tertiary alicyclic amines) is 1. The quantitative estimate of drug-likeness (QED) is 0.400. The lowest BCUT2D eigenvalue weighted by Crippen LogP contribution is -2.51. The van der Waals surface area contributed by atoms with Crippen LogP contribution < -0.4 is 15.8 Å². The third-order valence-electron chi connectivity index (χ3n) is 6.73. The van der Waals surface area contributed by atoms with Gasteiger partial charge in [-0.05, 0) is 63.9 Å². The maximum atomic E-state index is 14.7. The molecule has 2 aliphatic rings. The van der Waals surface area contributed by atoms with Gasteiger partial charge in [-0.1, -0.05) is 0 Å². The fourth-order valence-corrected chi connectivity index (χ4v) is 4.52. The number of piperidine rings is 1. The van der Waals surface area contributed by atoms with Crippen LogP contribution in [0, 0.1) is 0 Å². The zero-order chi connectivity index (χ0) is 28.7. The van der Waals surface area contributed by atoms with E-state index < -0.39 is 35.4 Å². The minimum absolute atomic E-state index is 0.0646. The van der Waals surface area contributed by atoms with Crippen molar-refractivity contribution in [2.45, 2.75) is 63.4 Å². The van der Waals surface area contributed by atoms with E-state index in [2.05, 4.69) is 15.3 Å². The molecule has 0 unspecified atom stereocenters. The molecule has 2 atom stereocenters. The molecular weight excluding hydrogens is 519 g/mol. The summed E-state index contributed by atoms with van der Waals surface area (Å²) in [6.45, 7) is 5.62. The smallest absolute Gasteiger partial charge is 0.410 e. The Bertz CT molecular complexity index is 1420. The van der Waals surface area contributed by atoms with Gasteiger partial charge in [0.05, 0.1) is 23.4 Å². The van der Waals surface area contributed by atoms with Crippen LogP contribution in [0.1, 0.15) is 50.4 Å². The zero-order valence-electron chi connectivity index (χ0n) is 22.7. The van der Waals surface area contributed by atoms with Gasteiger partial charge in [-0.2, -0.15) is 0 Å². The molecule has 212 valence electrons. The summed E-state index contributed by atoms with van der Waals surface area (Å²) in [4.78, 5) is 39.6. The normalized spacial score (nSPS) is 20.2. The predicted octanol–water partition coefficient (Wildman–Crippen LogP) is 3.45. The lowest BCUT2D eigenvalue weighted by molar-refractivity contribution is 0.0124. The van der Waals surface area contributed by atoms with Gasteiger partial charge < -0.3 is 30.5 Å². The van der Waals surface area contributed by atoms with Crippen molar-refractivity contribution in [3.63, 3.8) is 0 Å². The van der Waals surface area contributed by atoms with Gasteiger partial charge in [0.25, 0.3) is 5.91 Å². The molecule has 0 bridgehead atoms. The Kier molecular flexibility index (Phi) is 7.21. The zero-order valence-corrected chi connectivity index (χ0v) is 22.7. The number of nitrogens with zero attached hydrogens (tertiary/aromatic N) is 4. The molecule has 5 rings (SSSR count). The number of hydrogen-bond acceptors (Lipinski definition) is 9. The SMILES string of the molecule is CC(C)(C)OC(=O)N1C[C@@H](F)C[C@H](Nc2ncnc3c(C(N)=O)cc(-c4ccc(OCC5(O)CC5)cc4)nc23)C1. The monoisotopic (exact) mass is 552 g/mol. The maximum absolute atomic E-state index is 14.7. The molecule has 1 saturated carbocycles. The second-order valence-corrected chi connectivity index (χ2v) is 11.4. The van der Waals surface area contributed by atoms with E-state index in [4.69, 9.17) is 20.2 Å². The fraction of sp³-hybridized carbons (Fsp3) is 0.464. The van der Waals surface area contributed by atoms with Crippen molar-refractivity contribution < 1.29 is 28.6 Å². The standard InChI is InChI=1S/C28H33FN6O5/c1-27(2,3)40-26(37)35-12-17(29)10-18(13-35)33-25-23-22(31-15-32-25)20(24(30)36)11-21(34-23)16-4-6-19(7-5-16)39-14-28(38)8-9-28/h4-7,11,15,17-18,38H,8-10,12-14H2,1-3H3,(H2,30,36)(H,31,32,33)/t17-,18-/m0/s1. The number of rotatable bonds is 7. The van der Waals surface area contributed by atoms with E-state index in [1.54, 1.807) is 51.1 Å². The van der Waals surface area contributed by atoms with Gasteiger partial charge in [-0.3, -0.25) is 4.79 Å². The van der Waals surface area contributed by atoms with Crippen LogP contribution in [0.15, 0.2) is 36.7 Å². The molecule has 11 nitrogen and oxygen atoms in total. The van der Waals surface area contributed by atoms with Crippen molar-refractivity contribution in [3.8, 4) is 17.0 Å². The van der Waals surface area contributed by atoms with Crippen LogP contribution in [-0.4, -0.2) is 80.1 Å². The van der Waals surface area contributed by atoms with Gasteiger partial charge >= 0.3 is 6.09 Å². The number of hydrogen-bond donors (Lipinski definition) is 3. The van der Waals surface area contributed by atoms with Gasteiger partial charge in [0.2, 0.25) is 0 Å². The Morgan fingerprint density at radius 2 is 1.90 bits per heavy atom.